The first-order chi connectivity index (χ1) is 6.83. The van der Waals surface area contributed by atoms with Crippen LogP contribution in [0.15, 0.2) is 0 Å². The summed E-state index contributed by atoms with van der Waals surface area (Å²) in [5.74, 6) is 1.23. The lowest BCUT2D eigenvalue weighted by Gasteiger charge is -2.21. The average molecular weight is 217 g/mol. The molecular weight excluding hydrogens is 198 g/mol. The molecule has 0 aromatic rings. The number of urea groups is 1. The number of amides is 2. The third-order valence-electron chi connectivity index (χ3n) is 2.19. The second-order valence-electron chi connectivity index (χ2n) is 3.41. The molecule has 1 rings (SSSR count). The number of nitrogens with two attached hydrogens (primary N) is 1. The Balaban J connectivity index is 2.03. The summed E-state index contributed by atoms with van der Waals surface area (Å²) < 4.78 is 0. The van der Waals surface area contributed by atoms with Crippen LogP contribution in [0.1, 0.15) is 19.3 Å². The molecule has 5 heteroatoms. The number of thioether (sulfide) groups is 1. The number of carbonyl (C=O) groups excluding carboxylic acids is 1. The fourth-order valence-corrected chi connectivity index (χ4v) is 2.66. The van der Waals surface area contributed by atoms with Gasteiger partial charge in [0.1, 0.15) is 0 Å². The fourth-order valence-electron chi connectivity index (χ4n) is 1.42. The van der Waals surface area contributed by atoms with Gasteiger partial charge in [0.2, 0.25) is 0 Å². The number of hydrogen-bond donors (Lipinski definition) is 3. The summed E-state index contributed by atoms with van der Waals surface area (Å²) in [5, 5.41) is 6.15. The molecule has 0 bridgehead atoms. The van der Waals surface area contributed by atoms with E-state index in [2.05, 4.69) is 10.6 Å². The van der Waals surface area contributed by atoms with Crippen LogP contribution in [0.5, 0.6) is 0 Å². The third kappa shape index (κ3) is 4.72. The molecule has 0 radical (unpaired) electrons. The number of carbonyl (C=O) groups is 1. The lowest BCUT2D eigenvalue weighted by atomic mass is 10.2. The molecule has 1 unspecified atom stereocenters. The van der Waals surface area contributed by atoms with Gasteiger partial charge in [-0.2, -0.15) is 11.8 Å². The second-order valence-corrected chi connectivity index (χ2v) is 4.82. The minimum absolute atomic E-state index is 0.0957. The van der Waals surface area contributed by atoms with Crippen LogP contribution >= 0.6 is 11.8 Å². The van der Waals surface area contributed by atoms with Gasteiger partial charge >= 0.3 is 6.03 Å². The van der Waals surface area contributed by atoms with Crippen LogP contribution in [0, 0.1) is 0 Å². The molecule has 1 aliphatic rings. The SMILES string of the molecule is NCCNC(=O)NCC1CCCCS1. The standard InChI is InChI=1S/C9H19N3OS/c10-4-5-11-9(13)12-7-8-3-1-2-6-14-8/h8H,1-7,10H2,(H2,11,12,13). The van der Waals surface area contributed by atoms with Crippen molar-refractivity contribution in [2.45, 2.75) is 24.5 Å². The summed E-state index contributed by atoms with van der Waals surface area (Å²) in [5.41, 5.74) is 5.27. The van der Waals surface area contributed by atoms with Gasteiger partial charge in [-0.15, -0.1) is 0 Å². The highest BCUT2D eigenvalue weighted by Crippen LogP contribution is 2.24. The maximum absolute atomic E-state index is 11.2. The topological polar surface area (TPSA) is 67.1 Å². The summed E-state index contributed by atoms with van der Waals surface area (Å²) in [6.07, 6.45) is 3.84. The van der Waals surface area contributed by atoms with Gasteiger partial charge in [-0.25, -0.2) is 4.79 Å². The lowest BCUT2D eigenvalue weighted by Crippen LogP contribution is -2.41. The van der Waals surface area contributed by atoms with Crippen LogP contribution in [0.25, 0.3) is 0 Å². The van der Waals surface area contributed by atoms with Crippen molar-refractivity contribution in [1.82, 2.24) is 10.6 Å². The molecule has 14 heavy (non-hydrogen) atoms. The van der Waals surface area contributed by atoms with Gasteiger partial charge in [0.05, 0.1) is 0 Å². The van der Waals surface area contributed by atoms with E-state index in [1.165, 1.54) is 25.0 Å². The zero-order valence-electron chi connectivity index (χ0n) is 8.42. The van der Waals surface area contributed by atoms with Crippen molar-refractivity contribution >= 4 is 17.8 Å². The zero-order valence-corrected chi connectivity index (χ0v) is 9.24. The molecule has 1 saturated heterocycles. The van der Waals surface area contributed by atoms with Gasteiger partial charge in [-0.3, -0.25) is 0 Å². The van der Waals surface area contributed by atoms with Crippen LogP contribution < -0.4 is 16.4 Å². The monoisotopic (exact) mass is 217 g/mol. The van der Waals surface area contributed by atoms with Crippen molar-refractivity contribution in [3.63, 3.8) is 0 Å². The van der Waals surface area contributed by atoms with E-state index >= 15 is 0 Å². The summed E-state index contributed by atoms with van der Waals surface area (Å²) in [4.78, 5) is 11.2. The Kier molecular flexibility index (Phi) is 5.78. The minimum Gasteiger partial charge on any atom is -0.337 e. The Hall–Kier alpha value is -0.420. The van der Waals surface area contributed by atoms with Crippen molar-refractivity contribution in [3.05, 3.63) is 0 Å². The van der Waals surface area contributed by atoms with Gasteiger partial charge in [0.25, 0.3) is 0 Å². The largest absolute Gasteiger partial charge is 0.337 e. The van der Waals surface area contributed by atoms with Gasteiger partial charge in [0.15, 0.2) is 0 Å². The van der Waals surface area contributed by atoms with E-state index in [-0.39, 0.29) is 6.03 Å². The molecule has 1 atom stereocenters. The maximum atomic E-state index is 11.2. The van der Waals surface area contributed by atoms with Crippen LogP contribution in [0.3, 0.4) is 0 Å². The summed E-state index contributed by atoms with van der Waals surface area (Å²) in [7, 11) is 0. The van der Waals surface area contributed by atoms with Crippen LogP contribution in [-0.2, 0) is 0 Å². The first-order valence-electron chi connectivity index (χ1n) is 5.16. The first kappa shape index (κ1) is 11.7. The van der Waals surface area contributed by atoms with E-state index in [1.807, 2.05) is 11.8 Å². The molecule has 82 valence electrons. The smallest absolute Gasteiger partial charge is 0.314 e. The van der Waals surface area contributed by atoms with Crippen molar-refractivity contribution in [3.8, 4) is 0 Å². The summed E-state index contributed by atoms with van der Waals surface area (Å²) >= 11 is 1.96. The van der Waals surface area contributed by atoms with Gasteiger partial charge < -0.3 is 16.4 Å². The minimum atomic E-state index is -0.0957. The highest BCUT2D eigenvalue weighted by molar-refractivity contribution is 7.99. The second kappa shape index (κ2) is 6.95. The van der Waals surface area contributed by atoms with Crippen molar-refractivity contribution in [2.24, 2.45) is 5.73 Å². The molecule has 1 aliphatic heterocycles. The van der Waals surface area contributed by atoms with Crippen LogP contribution in [-0.4, -0.2) is 36.7 Å². The molecule has 4 nitrogen and oxygen atoms in total. The molecule has 1 fully saturated rings. The van der Waals surface area contributed by atoms with Crippen LogP contribution in [0.2, 0.25) is 0 Å². The normalized spacial score (nSPS) is 21.6. The molecule has 0 aromatic carbocycles. The van der Waals surface area contributed by atoms with Gasteiger partial charge in [-0.05, 0) is 18.6 Å². The lowest BCUT2D eigenvalue weighted by molar-refractivity contribution is 0.241. The van der Waals surface area contributed by atoms with E-state index in [1.54, 1.807) is 0 Å². The molecule has 4 N–H and O–H groups in total. The number of nitrogens with one attached hydrogen (secondary N) is 2. The Bertz CT molecular complexity index is 171. The molecule has 1 heterocycles. The predicted octanol–water partition coefficient (Wildman–Crippen LogP) is 0.530. The quantitative estimate of drug-likeness (QED) is 0.643. The predicted molar refractivity (Wildman–Crippen MR) is 60.6 cm³/mol. The Morgan fingerprint density at radius 3 is 2.93 bits per heavy atom. The third-order valence-corrected chi connectivity index (χ3v) is 3.59. The highest BCUT2D eigenvalue weighted by Gasteiger charge is 2.14. The van der Waals surface area contributed by atoms with Gasteiger partial charge in [-0.1, -0.05) is 6.42 Å². The van der Waals surface area contributed by atoms with E-state index in [9.17, 15) is 4.79 Å². The van der Waals surface area contributed by atoms with Gasteiger partial charge in [0, 0.05) is 24.9 Å². The maximum Gasteiger partial charge on any atom is 0.314 e. The van der Waals surface area contributed by atoms with Crippen molar-refractivity contribution < 1.29 is 4.79 Å². The summed E-state index contributed by atoms with van der Waals surface area (Å²) in [6.45, 7) is 1.82. The Morgan fingerprint density at radius 2 is 2.29 bits per heavy atom. The number of hydrogen-bond acceptors (Lipinski definition) is 3. The van der Waals surface area contributed by atoms with Crippen molar-refractivity contribution in [2.75, 3.05) is 25.4 Å². The fraction of sp³-hybridized carbons (Fsp3) is 0.889. The number of rotatable bonds is 4. The van der Waals surface area contributed by atoms with E-state index in [0.29, 0.717) is 18.3 Å². The van der Waals surface area contributed by atoms with E-state index < -0.39 is 0 Å². The molecular formula is C9H19N3OS. The summed E-state index contributed by atoms with van der Waals surface area (Å²) in [6, 6.07) is -0.0957. The first-order valence-corrected chi connectivity index (χ1v) is 6.21. The van der Waals surface area contributed by atoms with Crippen LogP contribution in [0.4, 0.5) is 4.79 Å². The molecule has 0 aromatic heterocycles. The van der Waals surface area contributed by atoms with Crippen molar-refractivity contribution in [1.29, 1.82) is 0 Å². The highest BCUT2D eigenvalue weighted by atomic mass is 32.2. The average Bonchev–Trinajstić information content (AvgIpc) is 2.25. The Morgan fingerprint density at radius 1 is 1.43 bits per heavy atom. The molecule has 0 spiro atoms. The van der Waals surface area contributed by atoms with E-state index in [4.69, 9.17) is 5.73 Å². The zero-order chi connectivity index (χ0) is 10.2. The molecule has 2 amide bonds. The Labute approximate surface area is 89.4 Å². The molecule has 0 aliphatic carbocycles. The van der Waals surface area contributed by atoms with E-state index in [0.717, 1.165) is 6.54 Å². The molecule has 0 saturated carbocycles.